The van der Waals surface area contributed by atoms with Gasteiger partial charge < -0.3 is 30.3 Å². The fourth-order valence-corrected chi connectivity index (χ4v) is 8.19. The van der Waals surface area contributed by atoms with Crippen LogP contribution in [0, 0.1) is 35.4 Å². The Balaban J connectivity index is 2.25. The smallest absolute Gasteiger partial charge is 0.226 e. The van der Waals surface area contributed by atoms with Crippen molar-refractivity contribution in [1.82, 2.24) is 20.0 Å². The molecular weight excluding hydrogens is 677 g/mol. The number of nitrogens with zero attached hydrogens (tertiary/aromatic N) is 3. The molecule has 1 aliphatic heterocycles. The lowest BCUT2D eigenvalue weighted by Crippen LogP contribution is -2.55. The average Bonchev–Trinajstić information content (AvgIpc) is 3.59. The molecule has 53 heavy (non-hydrogen) atoms. The number of nitrogens with two attached hydrogens (primary N) is 1. The van der Waals surface area contributed by atoms with Crippen molar-refractivity contribution in [2.24, 2.45) is 35.3 Å². The Labute approximate surface area is 318 Å². The van der Waals surface area contributed by atoms with Gasteiger partial charge in [0.2, 0.25) is 17.7 Å². The van der Waals surface area contributed by atoms with E-state index in [1.807, 2.05) is 46.7 Å². The third-order valence-electron chi connectivity index (χ3n) is 11.5. The Bertz CT molecular complexity index is 1320. The summed E-state index contributed by atoms with van der Waals surface area (Å²) in [5, 5.41) is 3.00. The number of halogens is 1. The number of hydrogen-bond donors (Lipinski definition) is 2. The van der Waals surface area contributed by atoms with Crippen LogP contribution >= 0.6 is 0 Å². The average molecular weight is 748 g/mol. The van der Waals surface area contributed by atoms with Crippen molar-refractivity contribution in [1.29, 1.82) is 0 Å². The van der Waals surface area contributed by atoms with Crippen LogP contribution in [0.4, 0.5) is 4.39 Å². The van der Waals surface area contributed by atoms with Crippen LogP contribution in [0.15, 0.2) is 24.3 Å². The largest absolute Gasteiger partial charge is 0.379 e. The van der Waals surface area contributed by atoms with Crippen LogP contribution in [-0.4, -0.2) is 116 Å². The van der Waals surface area contributed by atoms with E-state index in [4.69, 9.17) is 15.2 Å². The molecule has 0 aliphatic carbocycles. The highest BCUT2D eigenvalue weighted by Crippen LogP contribution is 2.31. The van der Waals surface area contributed by atoms with E-state index in [1.54, 1.807) is 57.0 Å². The Hall–Kier alpha value is -2.93. The molecule has 0 radical (unpaired) electrons. The van der Waals surface area contributed by atoms with Gasteiger partial charge in [0.05, 0.1) is 42.7 Å². The highest BCUT2D eigenvalue weighted by Gasteiger charge is 2.43. The van der Waals surface area contributed by atoms with Crippen LogP contribution in [0.25, 0.3) is 0 Å². The molecule has 0 aromatic heterocycles. The first-order chi connectivity index (χ1) is 24.8. The normalized spacial score (nSPS) is 20.0. The number of amides is 3. The lowest BCUT2D eigenvalue weighted by atomic mass is 9.83. The molecule has 11 nitrogen and oxygen atoms in total. The molecule has 10 atom stereocenters. The van der Waals surface area contributed by atoms with E-state index in [2.05, 4.69) is 19.2 Å². The van der Waals surface area contributed by atoms with E-state index in [0.29, 0.717) is 18.5 Å². The predicted octanol–water partition coefficient (Wildman–Crippen LogP) is 5.07. The Morgan fingerprint density at radius 3 is 2.04 bits per heavy atom. The van der Waals surface area contributed by atoms with Gasteiger partial charge in [-0.05, 0) is 69.3 Å². The van der Waals surface area contributed by atoms with E-state index in [-0.39, 0.29) is 72.0 Å². The Kier molecular flexibility index (Phi) is 18.5. The number of Topliss-reactive ketones (excluding diaryl/α,β-unsaturated/α-hetero) is 1. The minimum Gasteiger partial charge on any atom is -0.379 e. The molecular formula is C41H70FN5O6. The maximum absolute atomic E-state index is 14.3. The molecule has 1 fully saturated rings. The van der Waals surface area contributed by atoms with Crippen molar-refractivity contribution in [2.75, 3.05) is 41.9 Å². The molecule has 0 saturated carbocycles. The van der Waals surface area contributed by atoms with Gasteiger partial charge in [-0.15, -0.1) is 0 Å². The minimum absolute atomic E-state index is 0.00323. The van der Waals surface area contributed by atoms with Gasteiger partial charge in [-0.2, -0.15) is 0 Å². The van der Waals surface area contributed by atoms with Gasteiger partial charge in [0.25, 0.3) is 0 Å². The molecule has 3 amide bonds. The summed E-state index contributed by atoms with van der Waals surface area (Å²) >= 11 is 0. The molecule has 2 rings (SSSR count). The van der Waals surface area contributed by atoms with Gasteiger partial charge >= 0.3 is 0 Å². The van der Waals surface area contributed by atoms with Crippen molar-refractivity contribution in [3.8, 4) is 0 Å². The SMILES string of the molecule is CC[C@H](C)[C@@H]([C@@H](CC(=O)N1CCC[C@H]1[C@H](OC)[C@@H](C)C(=O)N[C@H](C)C(N)c1ccc(F)cc1)OC)N(C)C(=O)[C@@H](CC(=O)[C@H](C(C)C)N(C)C)C(C)C. The van der Waals surface area contributed by atoms with Gasteiger partial charge in [0.1, 0.15) is 5.82 Å². The maximum atomic E-state index is 14.3. The highest BCUT2D eigenvalue weighted by atomic mass is 19.1. The predicted molar refractivity (Wildman–Crippen MR) is 207 cm³/mol. The number of nitrogens with one attached hydrogen (secondary N) is 1. The van der Waals surface area contributed by atoms with Crippen molar-refractivity contribution in [3.05, 3.63) is 35.6 Å². The summed E-state index contributed by atoms with van der Waals surface area (Å²) in [6.07, 6.45) is 1.20. The number of ketones is 1. The zero-order chi connectivity index (χ0) is 40.3. The number of hydrogen-bond acceptors (Lipinski definition) is 8. The molecule has 1 aromatic rings. The van der Waals surface area contributed by atoms with Crippen molar-refractivity contribution in [2.45, 2.75) is 130 Å². The van der Waals surface area contributed by atoms with Gasteiger partial charge in [-0.25, -0.2) is 4.39 Å². The van der Waals surface area contributed by atoms with Crippen LogP contribution in [0.2, 0.25) is 0 Å². The van der Waals surface area contributed by atoms with Gasteiger partial charge in [0.15, 0.2) is 5.78 Å². The number of rotatable bonds is 21. The minimum atomic E-state index is -0.602. The lowest BCUT2D eigenvalue weighted by molar-refractivity contribution is -0.149. The number of carbonyl (C=O) groups excluding carboxylic acids is 4. The highest BCUT2D eigenvalue weighted by molar-refractivity contribution is 5.90. The zero-order valence-electron chi connectivity index (χ0n) is 34.7. The molecule has 1 saturated heterocycles. The summed E-state index contributed by atoms with van der Waals surface area (Å²) in [4.78, 5) is 60.9. The van der Waals surface area contributed by atoms with Gasteiger partial charge in [-0.1, -0.05) is 67.0 Å². The fourth-order valence-electron chi connectivity index (χ4n) is 8.19. The standard InChI is InChI=1S/C41H70FN5O6/c1-14-26(6)38(46(11)41(51)31(24(2)3)22-33(48)37(25(4)5)45(9)10)34(52-12)23-35(49)47-21-15-16-32(47)39(53-13)27(7)40(50)44-28(8)36(43)29-17-19-30(42)20-18-29/h17-20,24-28,31-32,34,36-39H,14-16,21-23,43H2,1-13H3,(H,44,50)/t26-,27+,28+,31-,32-,34+,36?,37-,38-,39+/m0/s1. The molecule has 1 heterocycles. The maximum Gasteiger partial charge on any atom is 0.226 e. The van der Waals surface area contributed by atoms with Crippen molar-refractivity contribution in [3.63, 3.8) is 0 Å². The summed E-state index contributed by atoms with van der Waals surface area (Å²) in [5.74, 6) is -1.90. The molecule has 0 bridgehead atoms. The first kappa shape index (κ1) is 46.2. The van der Waals surface area contributed by atoms with Gasteiger partial charge in [0, 0.05) is 52.2 Å². The topological polar surface area (TPSA) is 135 Å². The van der Waals surface area contributed by atoms with E-state index in [0.717, 1.165) is 12.8 Å². The second kappa shape index (κ2) is 21.2. The van der Waals surface area contributed by atoms with Crippen LogP contribution in [0.5, 0.6) is 0 Å². The van der Waals surface area contributed by atoms with Crippen LogP contribution in [-0.2, 0) is 28.7 Å². The van der Waals surface area contributed by atoms with E-state index in [9.17, 15) is 23.6 Å². The number of likely N-dealkylation sites (tertiary alicyclic amines) is 1. The lowest BCUT2D eigenvalue weighted by Gasteiger charge is -2.41. The van der Waals surface area contributed by atoms with Crippen LogP contribution in [0.3, 0.4) is 0 Å². The quantitative estimate of drug-likeness (QED) is 0.178. The third kappa shape index (κ3) is 12.0. The third-order valence-corrected chi connectivity index (χ3v) is 11.5. The second-order valence-electron chi connectivity index (χ2n) is 16.1. The number of carbonyl (C=O) groups is 4. The number of benzene rings is 1. The van der Waals surface area contributed by atoms with E-state index >= 15 is 0 Å². The number of likely N-dealkylation sites (N-methyl/N-ethyl adjacent to an activating group) is 2. The van der Waals surface area contributed by atoms with Gasteiger partial charge in [-0.3, -0.25) is 24.1 Å². The molecule has 3 N–H and O–H groups in total. The monoisotopic (exact) mass is 748 g/mol. The molecule has 12 heteroatoms. The molecule has 302 valence electrons. The van der Waals surface area contributed by atoms with Crippen molar-refractivity contribution >= 4 is 23.5 Å². The zero-order valence-corrected chi connectivity index (χ0v) is 34.7. The summed E-state index contributed by atoms with van der Waals surface area (Å²) in [6.45, 7) is 16.2. The molecule has 1 aliphatic rings. The molecule has 0 spiro atoms. The number of ether oxygens (including phenoxy) is 2. The summed E-state index contributed by atoms with van der Waals surface area (Å²) in [6, 6.07) is 3.88. The summed E-state index contributed by atoms with van der Waals surface area (Å²) in [5.41, 5.74) is 7.10. The molecule has 1 unspecified atom stereocenters. The first-order valence-electron chi connectivity index (χ1n) is 19.4. The molecule has 1 aromatic carbocycles. The second-order valence-corrected chi connectivity index (χ2v) is 16.1. The first-order valence-corrected chi connectivity index (χ1v) is 19.4. The van der Waals surface area contributed by atoms with Crippen LogP contribution < -0.4 is 11.1 Å². The Morgan fingerprint density at radius 1 is 0.943 bits per heavy atom. The summed E-state index contributed by atoms with van der Waals surface area (Å²) in [7, 11) is 8.68. The van der Waals surface area contributed by atoms with E-state index < -0.39 is 42.2 Å². The number of methoxy groups -OCH3 is 2. The van der Waals surface area contributed by atoms with Crippen molar-refractivity contribution < 1.29 is 33.0 Å². The van der Waals surface area contributed by atoms with E-state index in [1.165, 1.54) is 12.1 Å². The van der Waals surface area contributed by atoms with Crippen LogP contribution in [0.1, 0.15) is 99.1 Å². The summed E-state index contributed by atoms with van der Waals surface area (Å²) < 4.78 is 25.4. The Morgan fingerprint density at radius 2 is 1.55 bits per heavy atom. The fraction of sp³-hybridized carbons (Fsp3) is 0.756.